The largest absolute Gasteiger partial charge is 0.342 e. The van der Waals surface area contributed by atoms with Gasteiger partial charge < -0.3 is 14.2 Å². The van der Waals surface area contributed by atoms with Crippen molar-refractivity contribution in [3.63, 3.8) is 0 Å². The summed E-state index contributed by atoms with van der Waals surface area (Å²) < 4.78 is 20.3. The van der Waals surface area contributed by atoms with Crippen LogP contribution in [0.1, 0.15) is 78.6 Å². The SMILES string of the molecule is CC1C2(C)OC3(C)CC(C)(O2)C(P)(c2ccc(-c4ccccc4)cc2C(P)C(C)(C)C)C1(C)O3. The normalized spacial score (nSPS) is 42.1. The summed E-state index contributed by atoms with van der Waals surface area (Å²) in [6, 6.07) is 17.6. The third-order valence-electron chi connectivity index (χ3n) is 9.01. The monoisotopic (exact) mass is 498 g/mol. The maximum absolute atomic E-state index is 6.92. The van der Waals surface area contributed by atoms with E-state index in [1.165, 1.54) is 22.3 Å². The molecule has 34 heavy (non-hydrogen) atoms. The van der Waals surface area contributed by atoms with Crippen LogP contribution in [0, 0.1) is 11.3 Å². The standard InChI is InChI=1S/C29H40O3P2/c1-18-27(7)29(34,25(5)17-26(6,31-27)32-28(18,8)30-25)22-15-14-20(19-12-10-9-11-13-19)16-21(22)23(33)24(2,3)4/h9-16,18,23H,17,33-34H2,1-8H3. The molecule has 6 rings (SSSR count). The Morgan fingerprint density at radius 1 is 0.912 bits per heavy atom. The highest BCUT2D eigenvalue weighted by molar-refractivity contribution is 7.19. The fourth-order valence-corrected chi connectivity index (χ4v) is 8.04. The van der Waals surface area contributed by atoms with E-state index in [2.05, 4.69) is 122 Å². The molecule has 0 N–H and O–H groups in total. The van der Waals surface area contributed by atoms with Crippen molar-refractivity contribution in [2.45, 2.75) is 95.4 Å². The fraction of sp³-hybridized carbons (Fsp3) is 0.586. The molecule has 2 aromatic rings. The zero-order valence-corrected chi connectivity index (χ0v) is 24.2. The van der Waals surface area contributed by atoms with E-state index in [9.17, 15) is 0 Å². The second-order valence-corrected chi connectivity index (χ2v) is 14.0. The first-order valence-corrected chi connectivity index (χ1v) is 13.7. The Morgan fingerprint density at radius 3 is 2.18 bits per heavy atom. The molecule has 9 unspecified atom stereocenters. The molecule has 4 bridgehead atoms. The van der Waals surface area contributed by atoms with Crippen LogP contribution < -0.4 is 0 Å². The molecular weight excluding hydrogens is 458 g/mol. The molecule has 0 amide bonds. The Morgan fingerprint density at radius 2 is 1.56 bits per heavy atom. The van der Waals surface area contributed by atoms with Gasteiger partial charge in [-0.25, -0.2) is 0 Å². The van der Waals surface area contributed by atoms with Crippen molar-refractivity contribution in [1.82, 2.24) is 0 Å². The molecule has 3 nitrogen and oxygen atoms in total. The maximum Gasteiger partial charge on any atom is 0.175 e. The van der Waals surface area contributed by atoms with Crippen LogP contribution in [0.5, 0.6) is 0 Å². The minimum atomic E-state index is -0.677. The molecule has 184 valence electrons. The van der Waals surface area contributed by atoms with E-state index in [0.29, 0.717) is 6.42 Å². The van der Waals surface area contributed by atoms with Gasteiger partial charge in [-0.15, -0.1) is 18.5 Å². The molecule has 0 aromatic heterocycles. The first kappa shape index (κ1) is 24.9. The molecular formula is C29H40O3P2. The zero-order valence-electron chi connectivity index (χ0n) is 21.9. The Balaban J connectivity index is 1.76. The van der Waals surface area contributed by atoms with Gasteiger partial charge in [-0.3, -0.25) is 0 Å². The van der Waals surface area contributed by atoms with Gasteiger partial charge in [-0.1, -0.05) is 76.2 Å². The zero-order chi connectivity index (χ0) is 24.9. The summed E-state index contributed by atoms with van der Waals surface area (Å²) in [5.74, 6) is -1.29. The summed E-state index contributed by atoms with van der Waals surface area (Å²) in [7, 11) is 6.39. The molecule has 4 aliphatic rings. The third kappa shape index (κ3) is 3.20. The Hall–Kier alpha value is -0.820. The Labute approximate surface area is 210 Å². The van der Waals surface area contributed by atoms with Gasteiger partial charge in [0.1, 0.15) is 0 Å². The summed E-state index contributed by atoms with van der Waals surface area (Å²) >= 11 is 0. The van der Waals surface area contributed by atoms with Crippen molar-refractivity contribution in [2.75, 3.05) is 0 Å². The van der Waals surface area contributed by atoms with Crippen LogP contribution in [0.3, 0.4) is 0 Å². The van der Waals surface area contributed by atoms with E-state index < -0.39 is 27.9 Å². The highest BCUT2D eigenvalue weighted by atomic mass is 31.0. The fourth-order valence-electron chi connectivity index (χ4n) is 7.03. The first-order chi connectivity index (χ1) is 15.6. The minimum Gasteiger partial charge on any atom is -0.342 e. The predicted octanol–water partition coefficient (Wildman–Crippen LogP) is 7.45. The highest BCUT2D eigenvalue weighted by Gasteiger charge is 2.79. The van der Waals surface area contributed by atoms with Crippen molar-refractivity contribution in [1.29, 1.82) is 0 Å². The van der Waals surface area contributed by atoms with E-state index >= 15 is 0 Å². The topological polar surface area (TPSA) is 27.7 Å². The summed E-state index contributed by atoms with van der Waals surface area (Å²) in [5, 5.41) is -0.452. The van der Waals surface area contributed by atoms with E-state index in [4.69, 9.17) is 14.2 Å². The first-order valence-electron chi connectivity index (χ1n) is 12.4. The van der Waals surface area contributed by atoms with Crippen LogP contribution in [-0.2, 0) is 19.4 Å². The van der Waals surface area contributed by atoms with Gasteiger partial charge in [0.2, 0.25) is 0 Å². The lowest BCUT2D eigenvalue weighted by Gasteiger charge is -2.76. The lowest BCUT2D eigenvalue weighted by Crippen LogP contribution is -2.85. The molecule has 2 aromatic carbocycles. The smallest absolute Gasteiger partial charge is 0.175 e. The summed E-state index contributed by atoms with van der Waals surface area (Å²) in [4.78, 5) is 0. The molecule has 5 heteroatoms. The van der Waals surface area contributed by atoms with Crippen molar-refractivity contribution in [3.05, 3.63) is 59.7 Å². The third-order valence-corrected chi connectivity index (χ3v) is 11.9. The maximum atomic E-state index is 6.92. The minimum absolute atomic E-state index is 0.0400. The van der Waals surface area contributed by atoms with Gasteiger partial charge in [0.25, 0.3) is 0 Å². The van der Waals surface area contributed by atoms with Crippen molar-refractivity contribution < 1.29 is 14.2 Å². The van der Waals surface area contributed by atoms with Crippen LogP contribution in [0.15, 0.2) is 48.5 Å². The van der Waals surface area contributed by atoms with Crippen LogP contribution >= 0.6 is 18.5 Å². The van der Waals surface area contributed by atoms with Crippen LogP contribution in [-0.4, -0.2) is 22.8 Å². The quantitative estimate of drug-likeness (QED) is 0.411. The number of rotatable bonds is 3. The van der Waals surface area contributed by atoms with Crippen LogP contribution in [0.25, 0.3) is 11.1 Å². The van der Waals surface area contributed by atoms with Gasteiger partial charge in [0, 0.05) is 18.0 Å². The van der Waals surface area contributed by atoms with Gasteiger partial charge >= 0.3 is 0 Å². The lowest BCUT2D eigenvalue weighted by atomic mass is 9.56. The Kier molecular flexibility index (Phi) is 5.38. The summed E-state index contributed by atoms with van der Waals surface area (Å²) in [6.45, 7) is 17.8. The summed E-state index contributed by atoms with van der Waals surface area (Å²) in [5.41, 5.74) is 4.45. The molecule has 4 fully saturated rings. The van der Waals surface area contributed by atoms with Crippen molar-refractivity contribution >= 4 is 18.5 Å². The summed E-state index contributed by atoms with van der Waals surface area (Å²) in [6.07, 6.45) is 0.679. The number of benzene rings is 2. The molecule has 0 radical (unpaired) electrons. The second kappa shape index (κ2) is 7.36. The lowest BCUT2D eigenvalue weighted by molar-refractivity contribution is -0.542. The van der Waals surface area contributed by atoms with Crippen molar-refractivity contribution in [3.8, 4) is 11.1 Å². The van der Waals surface area contributed by atoms with Gasteiger partial charge in [-0.2, -0.15) is 0 Å². The van der Waals surface area contributed by atoms with Crippen LogP contribution in [0.2, 0.25) is 0 Å². The van der Waals surface area contributed by atoms with Crippen LogP contribution in [0.4, 0.5) is 0 Å². The number of ether oxygens (including phenoxy) is 3. The average Bonchev–Trinajstić information content (AvgIpc) is 2.74. The van der Waals surface area contributed by atoms with Crippen molar-refractivity contribution in [2.24, 2.45) is 11.3 Å². The Bertz CT molecular complexity index is 1130. The van der Waals surface area contributed by atoms with E-state index in [1.54, 1.807) is 0 Å². The molecule has 0 spiro atoms. The molecule has 0 saturated carbocycles. The average molecular weight is 499 g/mol. The van der Waals surface area contributed by atoms with E-state index in [0.717, 1.165) is 0 Å². The van der Waals surface area contributed by atoms with Gasteiger partial charge in [0.15, 0.2) is 11.6 Å². The molecule has 0 aliphatic carbocycles. The van der Waals surface area contributed by atoms with E-state index in [1.807, 2.05) is 0 Å². The molecule has 4 heterocycles. The predicted molar refractivity (Wildman–Crippen MR) is 146 cm³/mol. The highest BCUT2D eigenvalue weighted by Crippen LogP contribution is 2.72. The van der Waals surface area contributed by atoms with E-state index in [-0.39, 0.29) is 17.0 Å². The number of hydrogen-bond acceptors (Lipinski definition) is 3. The number of hydrogen-bond donors (Lipinski definition) is 0. The molecule has 4 aliphatic heterocycles. The van der Waals surface area contributed by atoms with Gasteiger partial charge in [0.05, 0.1) is 16.4 Å². The second-order valence-electron chi connectivity index (χ2n) is 12.5. The molecule has 4 saturated heterocycles. The molecule has 9 atom stereocenters. The van der Waals surface area contributed by atoms with Gasteiger partial charge in [-0.05, 0) is 55.4 Å².